The zero-order chi connectivity index (χ0) is 8.39. The molecule has 0 radical (unpaired) electrons. The van der Waals surface area contributed by atoms with Gasteiger partial charge in [-0.15, -0.1) is 0 Å². The molecule has 0 fully saturated rings. The van der Waals surface area contributed by atoms with Crippen LogP contribution in [0.4, 0.5) is 0 Å². The summed E-state index contributed by atoms with van der Waals surface area (Å²) in [6.45, 7) is 0. The molecule has 1 aromatic rings. The monoisotopic (exact) mass is 157 g/mol. The fourth-order valence-corrected chi connectivity index (χ4v) is 1.02. The first-order chi connectivity index (χ1) is 5.86. The third kappa shape index (κ3) is 1.19. The van der Waals surface area contributed by atoms with E-state index in [1.165, 1.54) is 0 Å². The van der Waals surface area contributed by atoms with Crippen LogP contribution in [0.1, 0.15) is 5.56 Å². The molecule has 2 rings (SSSR count). The van der Waals surface area contributed by atoms with Gasteiger partial charge in [-0.3, -0.25) is 4.79 Å². The van der Waals surface area contributed by atoms with Crippen LogP contribution in [0, 0.1) is 0 Å². The number of hydrogen-bond donors (Lipinski definition) is 0. The van der Waals surface area contributed by atoms with Crippen LogP contribution in [0.3, 0.4) is 0 Å². The Kier molecular flexibility index (Phi) is 1.59. The average molecular weight is 157 g/mol. The lowest BCUT2D eigenvalue weighted by Gasteiger charge is -2.03. The van der Waals surface area contributed by atoms with E-state index in [1.54, 1.807) is 6.21 Å². The lowest BCUT2D eigenvalue weighted by atomic mass is 10.1. The molecule has 2 nitrogen and oxygen atoms in total. The van der Waals surface area contributed by atoms with Gasteiger partial charge in [0.25, 0.3) is 5.91 Å². The van der Waals surface area contributed by atoms with E-state index in [2.05, 4.69) is 4.99 Å². The molecular formula is C10H7NO. The summed E-state index contributed by atoms with van der Waals surface area (Å²) < 4.78 is 0. The molecule has 0 saturated heterocycles. The molecule has 0 bridgehead atoms. The summed E-state index contributed by atoms with van der Waals surface area (Å²) in [5, 5.41) is 0. The zero-order valence-corrected chi connectivity index (χ0v) is 6.40. The Bertz CT molecular complexity index is 363. The molecular weight excluding hydrogens is 150 g/mol. The van der Waals surface area contributed by atoms with E-state index in [1.807, 2.05) is 36.4 Å². The molecule has 58 valence electrons. The average Bonchev–Trinajstić information content (AvgIpc) is 2.14. The number of hydrogen-bond acceptors (Lipinski definition) is 1. The standard InChI is InChI=1S/C10H7NO/c12-10-9(7-11-10)6-8-4-2-1-3-5-8/h1-7H. The Morgan fingerprint density at radius 1 is 1.17 bits per heavy atom. The van der Waals surface area contributed by atoms with Crippen molar-refractivity contribution in [3.8, 4) is 0 Å². The van der Waals surface area contributed by atoms with Crippen molar-refractivity contribution in [1.29, 1.82) is 0 Å². The third-order valence-corrected chi connectivity index (χ3v) is 1.69. The fourth-order valence-electron chi connectivity index (χ4n) is 1.02. The second-order valence-corrected chi connectivity index (χ2v) is 2.57. The van der Waals surface area contributed by atoms with Crippen molar-refractivity contribution >= 4 is 18.2 Å². The zero-order valence-electron chi connectivity index (χ0n) is 6.40. The van der Waals surface area contributed by atoms with Crippen LogP contribution in [-0.4, -0.2) is 12.1 Å². The summed E-state index contributed by atoms with van der Waals surface area (Å²) in [4.78, 5) is 14.3. The van der Waals surface area contributed by atoms with Gasteiger partial charge >= 0.3 is 0 Å². The van der Waals surface area contributed by atoms with Crippen molar-refractivity contribution in [2.24, 2.45) is 4.99 Å². The lowest BCUT2D eigenvalue weighted by molar-refractivity contribution is -0.114. The van der Waals surface area contributed by atoms with Crippen LogP contribution in [-0.2, 0) is 4.79 Å². The van der Waals surface area contributed by atoms with Gasteiger partial charge in [-0.05, 0) is 11.6 Å². The topological polar surface area (TPSA) is 29.4 Å². The molecule has 1 heterocycles. The number of aliphatic imine (C=N–C) groups is 1. The maximum atomic E-state index is 10.8. The van der Waals surface area contributed by atoms with Crippen LogP contribution in [0.15, 0.2) is 40.9 Å². The molecule has 0 atom stereocenters. The van der Waals surface area contributed by atoms with E-state index >= 15 is 0 Å². The van der Waals surface area contributed by atoms with Crippen molar-refractivity contribution in [3.05, 3.63) is 41.5 Å². The molecule has 1 amide bonds. The summed E-state index contributed by atoms with van der Waals surface area (Å²) in [5.74, 6) is -0.126. The van der Waals surface area contributed by atoms with E-state index in [0.29, 0.717) is 5.57 Å². The second-order valence-electron chi connectivity index (χ2n) is 2.57. The molecule has 1 aliphatic rings. The first kappa shape index (κ1) is 6.98. The molecule has 0 saturated carbocycles. The number of carbonyl (C=O) groups is 1. The van der Waals surface area contributed by atoms with Crippen LogP contribution < -0.4 is 0 Å². The predicted octanol–water partition coefficient (Wildman–Crippen LogP) is 1.68. The predicted molar refractivity (Wildman–Crippen MR) is 47.9 cm³/mol. The lowest BCUT2D eigenvalue weighted by Crippen LogP contribution is -2.10. The first-order valence-electron chi connectivity index (χ1n) is 3.71. The maximum absolute atomic E-state index is 10.8. The largest absolute Gasteiger partial charge is 0.278 e. The minimum atomic E-state index is -0.126. The van der Waals surface area contributed by atoms with Crippen LogP contribution >= 0.6 is 0 Å². The third-order valence-electron chi connectivity index (χ3n) is 1.69. The van der Waals surface area contributed by atoms with Crippen LogP contribution in [0.5, 0.6) is 0 Å². The smallest absolute Gasteiger partial charge is 0.267 e. The van der Waals surface area contributed by atoms with E-state index in [9.17, 15) is 4.79 Å². The SMILES string of the molecule is O=C1N=CC1=Cc1ccccc1. The number of carbonyl (C=O) groups excluding carboxylic acids is 1. The Balaban J connectivity index is 2.30. The van der Waals surface area contributed by atoms with E-state index in [0.717, 1.165) is 5.56 Å². The quantitative estimate of drug-likeness (QED) is 0.570. The van der Waals surface area contributed by atoms with Gasteiger partial charge in [0.05, 0.1) is 5.57 Å². The highest BCUT2D eigenvalue weighted by molar-refractivity contribution is 6.27. The minimum absolute atomic E-state index is 0.126. The molecule has 12 heavy (non-hydrogen) atoms. The molecule has 0 spiro atoms. The van der Waals surface area contributed by atoms with Gasteiger partial charge in [-0.1, -0.05) is 30.3 Å². The molecule has 0 unspecified atom stereocenters. The number of rotatable bonds is 1. The van der Waals surface area contributed by atoms with Crippen molar-refractivity contribution in [1.82, 2.24) is 0 Å². The van der Waals surface area contributed by atoms with Gasteiger partial charge in [0, 0.05) is 6.21 Å². The van der Waals surface area contributed by atoms with Gasteiger partial charge in [0.15, 0.2) is 0 Å². The molecule has 0 aromatic heterocycles. The summed E-state index contributed by atoms with van der Waals surface area (Å²) in [5.41, 5.74) is 1.72. The molecule has 1 aromatic carbocycles. The molecule has 2 heteroatoms. The number of benzene rings is 1. The fraction of sp³-hybridized carbons (Fsp3) is 0. The summed E-state index contributed by atoms with van der Waals surface area (Å²) >= 11 is 0. The second kappa shape index (κ2) is 2.74. The Morgan fingerprint density at radius 2 is 1.92 bits per heavy atom. The number of amides is 1. The van der Waals surface area contributed by atoms with Crippen LogP contribution in [0.2, 0.25) is 0 Å². The van der Waals surface area contributed by atoms with Gasteiger partial charge < -0.3 is 0 Å². The molecule has 1 aliphatic heterocycles. The van der Waals surface area contributed by atoms with Gasteiger partial charge in [0.2, 0.25) is 0 Å². The molecule has 0 N–H and O–H groups in total. The first-order valence-corrected chi connectivity index (χ1v) is 3.71. The van der Waals surface area contributed by atoms with Gasteiger partial charge in [-0.2, -0.15) is 0 Å². The highest BCUT2D eigenvalue weighted by atomic mass is 16.1. The van der Waals surface area contributed by atoms with Gasteiger partial charge in [-0.25, -0.2) is 4.99 Å². The Hall–Kier alpha value is -1.70. The summed E-state index contributed by atoms with van der Waals surface area (Å²) in [6, 6.07) is 9.72. The normalized spacial score (nSPS) is 18.0. The van der Waals surface area contributed by atoms with E-state index in [-0.39, 0.29) is 5.91 Å². The van der Waals surface area contributed by atoms with Crippen molar-refractivity contribution in [2.75, 3.05) is 0 Å². The maximum Gasteiger partial charge on any atom is 0.278 e. The van der Waals surface area contributed by atoms with E-state index in [4.69, 9.17) is 0 Å². The van der Waals surface area contributed by atoms with Crippen molar-refractivity contribution in [2.45, 2.75) is 0 Å². The van der Waals surface area contributed by atoms with E-state index < -0.39 is 0 Å². The number of nitrogens with zero attached hydrogens (tertiary/aromatic N) is 1. The summed E-state index contributed by atoms with van der Waals surface area (Å²) in [7, 11) is 0. The van der Waals surface area contributed by atoms with Crippen molar-refractivity contribution < 1.29 is 4.79 Å². The van der Waals surface area contributed by atoms with Gasteiger partial charge in [0.1, 0.15) is 0 Å². The Morgan fingerprint density at radius 3 is 2.42 bits per heavy atom. The van der Waals surface area contributed by atoms with Crippen molar-refractivity contribution in [3.63, 3.8) is 0 Å². The van der Waals surface area contributed by atoms with Crippen LogP contribution in [0.25, 0.3) is 6.08 Å². The Labute approximate surface area is 70.3 Å². The highest BCUT2D eigenvalue weighted by Crippen LogP contribution is 2.10. The minimum Gasteiger partial charge on any atom is -0.267 e. The highest BCUT2D eigenvalue weighted by Gasteiger charge is 2.12. The summed E-state index contributed by atoms with van der Waals surface area (Å²) in [6.07, 6.45) is 3.41. The molecule has 0 aliphatic carbocycles.